The zero-order valence-electron chi connectivity index (χ0n) is 8.38. The number of aromatic nitrogens is 1. The minimum absolute atomic E-state index is 0.518. The summed E-state index contributed by atoms with van der Waals surface area (Å²) in [5, 5.41) is 13.5. The van der Waals surface area contributed by atoms with Crippen molar-refractivity contribution in [2.75, 3.05) is 12.4 Å². The molecule has 80 valence electrons. The van der Waals surface area contributed by atoms with Crippen molar-refractivity contribution in [3.63, 3.8) is 0 Å². The Morgan fingerprint density at radius 1 is 1.50 bits per heavy atom. The van der Waals surface area contributed by atoms with E-state index >= 15 is 0 Å². The van der Waals surface area contributed by atoms with Crippen LogP contribution in [0.3, 0.4) is 0 Å². The number of halogens is 2. The molecule has 0 spiro atoms. The van der Waals surface area contributed by atoms with Gasteiger partial charge in [0.15, 0.2) is 0 Å². The van der Waals surface area contributed by atoms with Crippen LogP contribution < -0.4 is 5.32 Å². The molecule has 0 aliphatic heterocycles. The van der Waals surface area contributed by atoms with Gasteiger partial charge in [-0.25, -0.2) is 0 Å². The predicted octanol–water partition coefficient (Wildman–Crippen LogP) is 3.56. The first-order valence-corrected chi connectivity index (χ1v) is 5.70. The molecule has 0 aliphatic carbocycles. The van der Waals surface area contributed by atoms with Gasteiger partial charge < -0.3 is 5.32 Å². The molecule has 0 aliphatic rings. The predicted molar refractivity (Wildman–Crippen MR) is 68.7 cm³/mol. The number of hydrogen-bond acceptors (Lipinski definition) is 3. The minimum Gasteiger partial charge on any atom is -0.386 e. The Bertz CT molecular complexity index is 604. The molecular formula is C11H7BrClN3. The molecule has 3 nitrogen and oxygen atoms in total. The third-order valence-electron chi connectivity index (χ3n) is 2.30. The molecule has 0 unspecified atom stereocenters. The maximum absolute atomic E-state index is 8.97. The molecule has 1 aromatic carbocycles. The van der Waals surface area contributed by atoms with Crippen LogP contribution in [0.2, 0.25) is 5.02 Å². The third kappa shape index (κ3) is 1.62. The van der Waals surface area contributed by atoms with Gasteiger partial charge in [0.1, 0.15) is 6.07 Å². The number of nitrogens with zero attached hydrogens (tertiary/aromatic N) is 2. The van der Waals surface area contributed by atoms with E-state index in [4.69, 9.17) is 16.9 Å². The fourth-order valence-corrected chi connectivity index (χ4v) is 2.16. The lowest BCUT2D eigenvalue weighted by Crippen LogP contribution is -1.96. The smallest absolute Gasteiger partial charge is 0.103 e. The molecule has 0 saturated carbocycles. The highest BCUT2D eigenvalue weighted by molar-refractivity contribution is 9.10. The first kappa shape index (κ1) is 11.2. The summed E-state index contributed by atoms with van der Waals surface area (Å²) in [6, 6.07) is 5.72. The molecule has 16 heavy (non-hydrogen) atoms. The van der Waals surface area contributed by atoms with E-state index in [9.17, 15) is 0 Å². The second kappa shape index (κ2) is 4.28. The molecule has 0 bridgehead atoms. The van der Waals surface area contributed by atoms with Crippen LogP contribution in [0.15, 0.2) is 22.8 Å². The van der Waals surface area contributed by atoms with Gasteiger partial charge in [0.2, 0.25) is 0 Å². The largest absolute Gasteiger partial charge is 0.386 e. The molecule has 1 heterocycles. The Morgan fingerprint density at radius 3 is 2.88 bits per heavy atom. The molecule has 2 aromatic rings. The first-order valence-electron chi connectivity index (χ1n) is 4.53. The molecule has 1 N–H and O–H groups in total. The number of rotatable bonds is 1. The van der Waals surface area contributed by atoms with Crippen LogP contribution in [0.1, 0.15) is 5.56 Å². The van der Waals surface area contributed by atoms with Crippen LogP contribution in [0.25, 0.3) is 10.9 Å². The molecule has 0 saturated heterocycles. The topological polar surface area (TPSA) is 48.7 Å². The monoisotopic (exact) mass is 295 g/mol. The van der Waals surface area contributed by atoms with Gasteiger partial charge in [-0.2, -0.15) is 5.26 Å². The van der Waals surface area contributed by atoms with Crippen molar-refractivity contribution < 1.29 is 0 Å². The van der Waals surface area contributed by atoms with E-state index in [2.05, 4.69) is 32.3 Å². The zero-order valence-corrected chi connectivity index (χ0v) is 10.7. The van der Waals surface area contributed by atoms with Crippen molar-refractivity contribution in [3.05, 3.63) is 33.4 Å². The third-order valence-corrected chi connectivity index (χ3v) is 3.65. The van der Waals surface area contributed by atoms with Crippen LogP contribution in [0.4, 0.5) is 5.69 Å². The Morgan fingerprint density at radius 2 is 2.25 bits per heavy atom. The van der Waals surface area contributed by atoms with Crippen molar-refractivity contribution in [3.8, 4) is 6.07 Å². The lowest BCUT2D eigenvalue weighted by atomic mass is 10.1. The van der Waals surface area contributed by atoms with E-state index in [0.29, 0.717) is 10.6 Å². The van der Waals surface area contributed by atoms with E-state index in [-0.39, 0.29) is 0 Å². The summed E-state index contributed by atoms with van der Waals surface area (Å²) in [7, 11) is 1.78. The van der Waals surface area contributed by atoms with Crippen LogP contribution >= 0.6 is 27.5 Å². The number of pyridine rings is 1. The highest BCUT2D eigenvalue weighted by Gasteiger charge is 2.11. The van der Waals surface area contributed by atoms with E-state index in [1.807, 2.05) is 6.07 Å². The van der Waals surface area contributed by atoms with Crippen molar-refractivity contribution in [2.45, 2.75) is 0 Å². The number of nitrogens with one attached hydrogen (secondary N) is 1. The van der Waals surface area contributed by atoms with Gasteiger partial charge in [0, 0.05) is 18.6 Å². The summed E-state index contributed by atoms with van der Waals surface area (Å²) in [6.07, 6.45) is 1.54. The second-order valence-corrected chi connectivity index (χ2v) is 4.37. The molecule has 0 fully saturated rings. The van der Waals surface area contributed by atoms with Crippen LogP contribution in [0, 0.1) is 11.3 Å². The number of fused-ring (bicyclic) bond motifs is 1. The molecule has 1 aromatic heterocycles. The first-order chi connectivity index (χ1) is 7.69. The van der Waals surface area contributed by atoms with Crippen molar-refractivity contribution in [1.82, 2.24) is 4.98 Å². The summed E-state index contributed by atoms with van der Waals surface area (Å²) in [5.41, 5.74) is 2.03. The minimum atomic E-state index is 0.518. The van der Waals surface area contributed by atoms with Gasteiger partial charge >= 0.3 is 0 Å². The van der Waals surface area contributed by atoms with E-state index in [1.54, 1.807) is 13.1 Å². The average molecular weight is 297 g/mol. The number of nitriles is 1. The molecule has 2 rings (SSSR count). The summed E-state index contributed by atoms with van der Waals surface area (Å²) in [6.45, 7) is 0. The quantitative estimate of drug-likeness (QED) is 0.875. The fraction of sp³-hybridized carbons (Fsp3) is 0.0909. The van der Waals surface area contributed by atoms with E-state index in [0.717, 1.165) is 21.1 Å². The van der Waals surface area contributed by atoms with Gasteiger partial charge in [-0.3, -0.25) is 4.98 Å². The molecule has 0 atom stereocenters. The van der Waals surface area contributed by atoms with Gasteiger partial charge in [-0.15, -0.1) is 0 Å². The van der Waals surface area contributed by atoms with Crippen LogP contribution in [0.5, 0.6) is 0 Å². The van der Waals surface area contributed by atoms with E-state index in [1.165, 1.54) is 6.20 Å². The lowest BCUT2D eigenvalue weighted by Gasteiger charge is -2.09. The Labute approximate surface area is 106 Å². The highest BCUT2D eigenvalue weighted by atomic mass is 79.9. The Hall–Kier alpha value is -1.31. The normalized spacial score (nSPS) is 10.1. The summed E-state index contributed by atoms with van der Waals surface area (Å²) in [4.78, 5) is 4.23. The van der Waals surface area contributed by atoms with Crippen molar-refractivity contribution >= 4 is 44.1 Å². The highest BCUT2D eigenvalue weighted by Crippen LogP contribution is 2.34. The maximum atomic E-state index is 8.97. The average Bonchev–Trinajstić information content (AvgIpc) is 2.32. The van der Waals surface area contributed by atoms with Gasteiger partial charge in [0.05, 0.1) is 26.3 Å². The molecule has 0 radical (unpaired) electrons. The lowest BCUT2D eigenvalue weighted by molar-refractivity contribution is 1.35. The SMILES string of the molecule is CNc1c(C#N)cnc2c(Br)c(Cl)ccc12. The molecule has 5 heteroatoms. The van der Waals surface area contributed by atoms with Gasteiger partial charge in [-0.1, -0.05) is 11.6 Å². The number of hydrogen-bond donors (Lipinski definition) is 1. The summed E-state index contributed by atoms with van der Waals surface area (Å²) < 4.78 is 0.743. The zero-order chi connectivity index (χ0) is 11.7. The number of anilines is 1. The summed E-state index contributed by atoms with van der Waals surface area (Å²) >= 11 is 9.37. The standard InChI is InChI=1S/C11H7BrClN3/c1-15-10-6(4-14)5-16-11-7(10)2-3-8(13)9(11)12/h2-3,5H,1H3,(H,15,16). The fourth-order valence-electron chi connectivity index (χ4n) is 1.56. The second-order valence-electron chi connectivity index (χ2n) is 3.17. The van der Waals surface area contributed by atoms with E-state index < -0.39 is 0 Å². The molecule has 0 amide bonds. The van der Waals surface area contributed by atoms with Crippen LogP contribution in [-0.4, -0.2) is 12.0 Å². The van der Waals surface area contributed by atoms with Gasteiger partial charge in [0.25, 0.3) is 0 Å². The Balaban J connectivity index is 2.91. The van der Waals surface area contributed by atoms with Crippen molar-refractivity contribution in [2.24, 2.45) is 0 Å². The van der Waals surface area contributed by atoms with Gasteiger partial charge in [-0.05, 0) is 28.1 Å². The van der Waals surface area contributed by atoms with Crippen molar-refractivity contribution in [1.29, 1.82) is 5.26 Å². The Kier molecular flexibility index (Phi) is 2.99. The van der Waals surface area contributed by atoms with Crippen LogP contribution in [-0.2, 0) is 0 Å². The maximum Gasteiger partial charge on any atom is 0.103 e. The summed E-state index contributed by atoms with van der Waals surface area (Å²) in [5.74, 6) is 0. The number of benzene rings is 1. The molecular weight excluding hydrogens is 289 g/mol.